The van der Waals surface area contributed by atoms with Crippen molar-refractivity contribution in [3.8, 4) is 17.2 Å². The average molecular weight is 392 g/mol. The molecule has 2 saturated heterocycles. The first-order chi connectivity index (χ1) is 13.5. The molecule has 1 aromatic rings. The monoisotopic (exact) mass is 391 g/mol. The molecule has 7 nitrogen and oxygen atoms in total. The van der Waals surface area contributed by atoms with Crippen molar-refractivity contribution in [1.29, 1.82) is 0 Å². The third kappa shape index (κ3) is 4.70. The van der Waals surface area contributed by atoms with Crippen LogP contribution in [0.3, 0.4) is 0 Å². The number of hydrogen-bond acceptors (Lipinski definition) is 6. The van der Waals surface area contributed by atoms with Gasteiger partial charge in [-0.05, 0) is 50.2 Å². The van der Waals surface area contributed by atoms with Crippen LogP contribution in [-0.2, 0) is 11.3 Å². The average Bonchev–Trinajstić information content (AvgIpc) is 2.75. The van der Waals surface area contributed by atoms with Crippen molar-refractivity contribution < 1.29 is 19.4 Å². The molecule has 156 valence electrons. The molecule has 0 bridgehead atoms. The standard InChI is InChI=1S/C21H33N3O4/c1-4-22-9-11-24(12-10-22)21(26)17-5-7-23(8-6-17)15-16-13-18(27-2)20(25)19(14-16)28-3/h13-14,17,25H,4-12,15H2,1-3H3. The number of benzene rings is 1. The first kappa shape index (κ1) is 20.7. The number of aromatic hydroxyl groups is 1. The lowest BCUT2D eigenvalue weighted by Gasteiger charge is -2.38. The van der Waals surface area contributed by atoms with E-state index < -0.39 is 0 Å². The van der Waals surface area contributed by atoms with Crippen molar-refractivity contribution >= 4 is 5.91 Å². The fourth-order valence-electron chi connectivity index (χ4n) is 4.18. The van der Waals surface area contributed by atoms with E-state index >= 15 is 0 Å². The molecule has 0 radical (unpaired) electrons. The van der Waals surface area contributed by atoms with Gasteiger partial charge in [-0.1, -0.05) is 6.92 Å². The summed E-state index contributed by atoms with van der Waals surface area (Å²) < 4.78 is 10.5. The molecule has 2 fully saturated rings. The number of rotatable bonds is 6. The van der Waals surface area contributed by atoms with Crippen LogP contribution in [0.1, 0.15) is 25.3 Å². The zero-order valence-corrected chi connectivity index (χ0v) is 17.3. The Kier molecular flexibility index (Phi) is 7.02. The lowest BCUT2D eigenvalue weighted by molar-refractivity contribution is -0.138. The minimum atomic E-state index is 0.0289. The Bertz CT molecular complexity index is 641. The van der Waals surface area contributed by atoms with Gasteiger partial charge in [-0.3, -0.25) is 9.69 Å². The summed E-state index contributed by atoms with van der Waals surface area (Å²) in [6.45, 7) is 9.49. The van der Waals surface area contributed by atoms with Crippen LogP contribution >= 0.6 is 0 Å². The first-order valence-corrected chi connectivity index (χ1v) is 10.2. The van der Waals surface area contributed by atoms with E-state index in [1.165, 1.54) is 14.2 Å². The smallest absolute Gasteiger partial charge is 0.225 e. The van der Waals surface area contributed by atoms with Crippen molar-refractivity contribution in [3.63, 3.8) is 0 Å². The van der Waals surface area contributed by atoms with Crippen LogP contribution in [-0.4, -0.2) is 85.7 Å². The van der Waals surface area contributed by atoms with Gasteiger partial charge in [0.05, 0.1) is 14.2 Å². The number of carbonyl (C=O) groups is 1. The van der Waals surface area contributed by atoms with E-state index in [1.54, 1.807) is 0 Å². The number of likely N-dealkylation sites (N-methyl/N-ethyl adjacent to an activating group) is 1. The van der Waals surface area contributed by atoms with Crippen LogP contribution in [0.15, 0.2) is 12.1 Å². The Balaban J connectivity index is 1.52. The van der Waals surface area contributed by atoms with E-state index in [0.29, 0.717) is 17.4 Å². The maximum Gasteiger partial charge on any atom is 0.225 e. The van der Waals surface area contributed by atoms with E-state index in [-0.39, 0.29) is 11.7 Å². The summed E-state index contributed by atoms with van der Waals surface area (Å²) in [7, 11) is 3.07. The number of piperazine rings is 1. The molecule has 1 aromatic carbocycles. The van der Waals surface area contributed by atoms with E-state index in [4.69, 9.17) is 9.47 Å². The molecule has 0 aliphatic carbocycles. The molecule has 0 saturated carbocycles. The second-order valence-electron chi connectivity index (χ2n) is 7.66. The molecule has 2 aliphatic heterocycles. The second-order valence-corrected chi connectivity index (χ2v) is 7.66. The molecule has 28 heavy (non-hydrogen) atoms. The number of ether oxygens (including phenoxy) is 2. The third-order valence-electron chi connectivity index (χ3n) is 6.01. The zero-order chi connectivity index (χ0) is 20.1. The number of likely N-dealkylation sites (tertiary alicyclic amines) is 1. The van der Waals surface area contributed by atoms with Gasteiger partial charge in [0.2, 0.25) is 11.7 Å². The van der Waals surface area contributed by atoms with Crippen LogP contribution in [0.5, 0.6) is 17.2 Å². The van der Waals surface area contributed by atoms with Gasteiger partial charge in [0.25, 0.3) is 0 Å². The largest absolute Gasteiger partial charge is 0.502 e. The van der Waals surface area contributed by atoms with Crippen LogP contribution in [0.25, 0.3) is 0 Å². The predicted molar refractivity (Wildman–Crippen MR) is 108 cm³/mol. The molecule has 7 heteroatoms. The molecule has 0 unspecified atom stereocenters. The van der Waals surface area contributed by atoms with E-state index in [2.05, 4.69) is 21.6 Å². The number of methoxy groups -OCH3 is 2. The van der Waals surface area contributed by atoms with Gasteiger partial charge in [-0.2, -0.15) is 0 Å². The SMILES string of the molecule is CCN1CCN(C(=O)C2CCN(Cc3cc(OC)c(O)c(OC)c3)CC2)CC1. The van der Waals surface area contributed by atoms with Gasteiger partial charge in [-0.15, -0.1) is 0 Å². The lowest BCUT2D eigenvalue weighted by atomic mass is 9.94. The number of phenols is 1. The van der Waals surface area contributed by atoms with Gasteiger partial charge in [0.1, 0.15) is 0 Å². The quantitative estimate of drug-likeness (QED) is 0.798. The molecule has 0 atom stereocenters. The number of nitrogens with zero attached hydrogens (tertiary/aromatic N) is 3. The van der Waals surface area contributed by atoms with E-state index in [0.717, 1.165) is 70.8 Å². The molecule has 1 N–H and O–H groups in total. The van der Waals surface area contributed by atoms with Gasteiger partial charge in [-0.25, -0.2) is 0 Å². The highest BCUT2D eigenvalue weighted by Crippen LogP contribution is 2.37. The Labute approximate surface area is 167 Å². The maximum absolute atomic E-state index is 12.8. The van der Waals surface area contributed by atoms with E-state index in [9.17, 15) is 9.90 Å². The Morgan fingerprint density at radius 2 is 1.57 bits per heavy atom. The summed E-state index contributed by atoms with van der Waals surface area (Å²) in [5.41, 5.74) is 1.03. The third-order valence-corrected chi connectivity index (χ3v) is 6.01. The Morgan fingerprint density at radius 1 is 1.00 bits per heavy atom. The molecule has 1 amide bonds. The summed E-state index contributed by atoms with van der Waals surface area (Å²) in [6, 6.07) is 3.70. The zero-order valence-electron chi connectivity index (χ0n) is 17.3. The minimum absolute atomic E-state index is 0.0289. The Morgan fingerprint density at radius 3 is 2.07 bits per heavy atom. The summed E-state index contributed by atoms with van der Waals surface area (Å²) >= 11 is 0. The molecular formula is C21H33N3O4. The minimum Gasteiger partial charge on any atom is -0.502 e. The van der Waals surface area contributed by atoms with Crippen molar-refractivity contribution in [2.45, 2.75) is 26.3 Å². The molecule has 0 aromatic heterocycles. The normalized spacial score (nSPS) is 19.6. The maximum atomic E-state index is 12.8. The number of hydrogen-bond donors (Lipinski definition) is 1. The van der Waals surface area contributed by atoms with E-state index in [1.807, 2.05) is 12.1 Å². The van der Waals surface area contributed by atoms with Crippen molar-refractivity contribution in [3.05, 3.63) is 17.7 Å². The highest BCUT2D eigenvalue weighted by molar-refractivity contribution is 5.79. The van der Waals surface area contributed by atoms with Crippen molar-refractivity contribution in [1.82, 2.24) is 14.7 Å². The van der Waals surface area contributed by atoms with Crippen molar-refractivity contribution in [2.75, 3.05) is 60.0 Å². The fourth-order valence-corrected chi connectivity index (χ4v) is 4.18. The number of carbonyl (C=O) groups excluding carboxylic acids is 1. The van der Waals surface area contributed by atoms with Gasteiger partial charge in [0, 0.05) is 38.6 Å². The molecule has 0 spiro atoms. The second kappa shape index (κ2) is 9.47. The lowest BCUT2D eigenvalue weighted by Crippen LogP contribution is -2.51. The number of phenolic OH excluding ortho intramolecular Hbond substituents is 1. The predicted octanol–water partition coefficient (Wildman–Crippen LogP) is 1.79. The summed E-state index contributed by atoms with van der Waals surface area (Å²) in [5.74, 6) is 1.36. The van der Waals surface area contributed by atoms with Crippen LogP contribution in [0.4, 0.5) is 0 Å². The highest BCUT2D eigenvalue weighted by Gasteiger charge is 2.30. The van der Waals surface area contributed by atoms with Gasteiger partial charge >= 0.3 is 0 Å². The van der Waals surface area contributed by atoms with Crippen molar-refractivity contribution in [2.24, 2.45) is 5.92 Å². The topological polar surface area (TPSA) is 65.5 Å². The fraction of sp³-hybridized carbons (Fsp3) is 0.667. The van der Waals surface area contributed by atoms with Crippen LogP contribution < -0.4 is 9.47 Å². The molecule has 2 heterocycles. The molecule has 3 rings (SSSR count). The van der Waals surface area contributed by atoms with Crippen LogP contribution in [0.2, 0.25) is 0 Å². The van der Waals surface area contributed by atoms with Gasteiger partial charge < -0.3 is 24.4 Å². The first-order valence-electron chi connectivity index (χ1n) is 10.2. The Hall–Kier alpha value is -1.99. The summed E-state index contributed by atoms with van der Waals surface area (Å²) in [6.07, 6.45) is 1.80. The van der Waals surface area contributed by atoms with Gasteiger partial charge in [0.15, 0.2) is 11.5 Å². The molecular weight excluding hydrogens is 358 g/mol. The number of amides is 1. The summed E-state index contributed by atoms with van der Waals surface area (Å²) in [4.78, 5) is 19.7. The highest BCUT2D eigenvalue weighted by atomic mass is 16.5. The molecule has 2 aliphatic rings. The summed E-state index contributed by atoms with van der Waals surface area (Å²) in [5, 5.41) is 10.1. The van der Waals surface area contributed by atoms with Crippen LogP contribution in [0, 0.1) is 5.92 Å². The number of piperidine rings is 1.